The quantitative estimate of drug-likeness (QED) is 0.880. The van der Waals surface area contributed by atoms with E-state index in [2.05, 4.69) is 31.3 Å². The van der Waals surface area contributed by atoms with E-state index >= 15 is 0 Å². The molecule has 0 heterocycles. The van der Waals surface area contributed by atoms with Crippen LogP contribution in [0.15, 0.2) is 36.4 Å². The first-order chi connectivity index (χ1) is 10.0. The lowest BCUT2D eigenvalue weighted by Crippen LogP contribution is -2.19. The summed E-state index contributed by atoms with van der Waals surface area (Å²) in [5.74, 6) is -0.187. The Kier molecular flexibility index (Phi) is 4.97. The predicted molar refractivity (Wildman–Crippen MR) is 87.8 cm³/mol. The molecule has 0 aromatic heterocycles. The van der Waals surface area contributed by atoms with E-state index in [-0.39, 0.29) is 5.82 Å². The van der Waals surface area contributed by atoms with Gasteiger partial charge >= 0.3 is 0 Å². The van der Waals surface area contributed by atoms with Gasteiger partial charge in [0.25, 0.3) is 0 Å². The van der Waals surface area contributed by atoms with E-state index in [1.165, 1.54) is 11.6 Å². The smallest absolute Gasteiger partial charge is 0.147 e. The van der Waals surface area contributed by atoms with Gasteiger partial charge in [-0.1, -0.05) is 36.8 Å². The lowest BCUT2D eigenvalue weighted by atomic mass is 10.1. The summed E-state index contributed by atoms with van der Waals surface area (Å²) >= 11 is 0. The molecule has 0 radical (unpaired) electrons. The highest BCUT2D eigenvalue weighted by Crippen LogP contribution is 2.32. The molecule has 21 heavy (non-hydrogen) atoms. The summed E-state index contributed by atoms with van der Waals surface area (Å²) in [7, 11) is 1.92. The van der Waals surface area contributed by atoms with E-state index in [1.807, 2.05) is 31.0 Å². The molecule has 0 unspecified atom stereocenters. The van der Waals surface area contributed by atoms with E-state index in [4.69, 9.17) is 0 Å². The van der Waals surface area contributed by atoms with Gasteiger partial charge in [-0.25, -0.2) is 4.39 Å². The van der Waals surface area contributed by atoms with Gasteiger partial charge in [-0.15, -0.1) is 0 Å². The molecule has 0 spiro atoms. The van der Waals surface area contributed by atoms with Gasteiger partial charge in [0.05, 0.1) is 5.69 Å². The minimum absolute atomic E-state index is 0.187. The van der Waals surface area contributed by atoms with Crippen molar-refractivity contribution in [3.8, 4) is 0 Å². The number of halogens is 1. The number of nitrogens with one attached hydrogen (secondary N) is 1. The lowest BCUT2D eigenvalue weighted by Gasteiger charge is -2.25. The van der Waals surface area contributed by atoms with Crippen molar-refractivity contribution in [2.45, 2.75) is 27.3 Å². The average molecular weight is 286 g/mol. The summed E-state index contributed by atoms with van der Waals surface area (Å²) in [6, 6.07) is 11.5. The third-order valence-electron chi connectivity index (χ3n) is 3.68. The first-order valence-electron chi connectivity index (χ1n) is 7.33. The second kappa shape index (κ2) is 6.72. The Morgan fingerprint density at radius 2 is 1.90 bits per heavy atom. The fourth-order valence-electron chi connectivity index (χ4n) is 2.64. The first kappa shape index (κ1) is 15.5. The Bertz CT molecular complexity index is 623. The van der Waals surface area contributed by atoms with E-state index < -0.39 is 0 Å². The Hall–Kier alpha value is -1.87. The molecule has 2 nitrogen and oxygen atoms in total. The highest BCUT2D eigenvalue weighted by molar-refractivity contribution is 5.69. The standard InChI is InChI=1S/C18H23FN2/c1-5-20-12-15-7-6-8-16(19)18(15)21(4)17-10-9-13(2)11-14(17)3/h6-11,20H,5,12H2,1-4H3. The molecule has 112 valence electrons. The molecular formula is C18H23FN2. The van der Waals surface area contributed by atoms with Gasteiger partial charge in [0.1, 0.15) is 5.82 Å². The van der Waals surface area contributed by atoms with Crippen LogP contribution in [0, 0.1) is 19.7 Å². The first-order valence-corrected chi connectivity index (χ1v) is 7.33. The van der Waals surface area contributed by atoms with Crippen LogP contribution >= 0.6 is 0 Å². The van der Waals surface area contributed by atoms with Crippen molar-refractivity contribution >= 4 is 11.4 Å². The molecule has 2 rings (SSSR count). The molecule has 3 heteroatoms. The van der Waals surface area contributed by atoms with Crippen LogP contribution in [0.5, 0.6) is 0 Å². The van der Waals surface area contributed by atoms with Crippen molar-refractivity contribution in [3.05, 3.63) is 58.9 Å². The maximum absolute atomic E-state index is 14.4. The molecule has 0 fully saturated rings. The van der Waals surface area contributed by atoms with Crippen LogP contribution in [-0.2, 0) is 6.54 Å². The second-order valence-electron chi connectivity index (χ2n) is 5.38. The fourth-order valence-corrected chi connectivity index (χ4v) is 2.64. The summed E-state index contributed by atoms with van der Waals surface area (Å²) in [6.45, 7) is 7.70. The van der Waals surface area contributed by atoms with E-state index in [0.717, 1.165) is 23.4 Å². The number of aryl methyl sites for hydroxylation is 2. The predicted octanol–water partition coefficient (Wildman–Crippen LogP) is 4.32. The van der Waals surface area contributed by atoms with Crippen molar-refractivity contribution in [2.24, 2.45) is 0 Å². The summed E-state index contributed by atoms with van der Waals surface area (Å²) < 4.78 is 14.4. The molecular weight excluding hydrogens is 263 g/mol. The topological polar surface area (TPSA) is 15.3 Å². The van der Waals surface area contributed by atoms with Crippen LogP contribution in [0.4, 0.5) is 15.8 Å². The number of anilines is 2. The Labute approximate surface area is 126 Å². The van der Waals surface area contributed by atoms with Crippen molar-refractivity contribution in [3.63, 3.8) is 0 Å². The minimum atomic E-state index is -0.187. The molecule has 1 N–H and O–H groups in total. The number of hydrogen-bond acceptors (Lipinski definition) is 2. The van der Waals surface area contributed by atoms with Crippen LogP contribution in [0.3, 0.4) is 0 Å². The van der Waals surface area contributed by atoms with Crippen molar-refractivity contribution in [1.82, 2.24) is 5.32 Å². The van der Waals surface area contributed by atoms with E-state index in [0.29, 0.717) is 12.2 Å². The monoisotopic (exact) mass is 286 g/mol. The summed E-state index contributed by atoms with van der Waals surface area (Å²) in [6.07, 6.45) is 0. The maximum atomic E-state index is 14.4. The molecule has 0 aliphatic carbocycles. The average Bonchev–Trinajstić information content (AvgIpc) is 2.44. The van der Waals surface area contributed by atoms with Crippen molar-refractivity contribution in [1.29, 1.82) is 0 Å². The summed E-state index contributed by atoms with van der Waals surface area (Å²) in [5, 5.41) is 3.27. The van der Waals surface area contributed by atoms with Crippen LogP contribution in [0.25, 0.3) is 0 Å². The van der Waals surface area contributed by atoms with Crippen LogP contribution in [-0.4, -0.2) is 13.6 Å². The Morgan fingerprint density at radius 3 is 2.57 bits per heavy atom. The lowest BCUT2D eigenvalue weighted by molar-refractivity contribution is 0.621. The molecule has 0 amide bonds. The van der Waals surface area contributed by atoms with Gasteiger partial charge in [-0.2, -0.15) is 0 Å². The van der Waals surface area contributed by atoms with Gasteiger partial charge in [-0.05, 0) is 43.7 Å². The van der Waals surface area contributed by atoms with Crippen LogP contribution in [0.1, 0.15) is 23.6 Å². The third kappa shape index (κ3) is 3.42. The van der Waals surface area contributed by atoms with Crippen LogP contribution in [0.2, 0.25) is 0 Å². The molecule has 0 aliphatic rings. The maximum Gasteiger partial charge on any atom is 0.147 e. The van der Waals surface area contributed by atoms with Crippen molar-refractivity contribution in [2.75, 3.05) is 18.5 Å². The van der Waals surface area contributed by atoms with E-state index in [9.17, 15) is 4.39 Å². The fraction of sp³-hybridized carbons (Fsp3) is 0.333. The van der Waals surface area contributed by atoms with Gasteiger partial charge < -0.3 is 10.2 Å². The van der Waals surface area contributed by atoms with Gasteiger partial charge in [0.15, 0.2) is 0 Å². The second-order valence-corrected chi connectivity index (χ2v) is 5.38. The van der Waals surface area contributed by atoms with Crippen molar-refractivity contribution < 1.29 is 4.39 Å². The Balaban J connectivity index is 2.44. The molecule has 0 saturated carbocycles. The SMILES string of the molecule is CCNCc1cccc(F)c1N(C)c1ccc(C)cc1C. The molecule has 0 aliphatic heterocycles. The summed E-state index contributed by atoms with van der Waals surface area (Å²) in [4.78, 5) is 1.94. The molecule has 2 aromatic rings. The number of rotatable bonds is 5. The van der Waals surface area contributed by atoms with Gasteiger partial charge in [0, 0.05) is 19.3 Å². The zero-order valence-corrected chi connectivity index (χ0v) is 13.2. The molecule has 0 saturated heterocycles. The third-order valence-corrected chi connectivity index (χ3v) is 3.68. The highest BCUT2D eigenvalue weighted by Gasteiger charge is 2.15. The highest BCUT2D eigenvalue weighted by atomic mass is 19.1. The molecule has 0 atom stereocenters. The number of benzene rings is 2. The number of para-hydroxylation sites is 1. The summed E-state index contributed by atoms with van der Waals surface area (Å²) in [5.41, 5.74) is 5.01. The van der Waals surface area contributed by atoms with Gasteiger partial charge in [0.2, 0.25) is 0 Å². The zero-order valence-electron chi connectivity index (χ0n) is 13.2. The van der Waals surface area contributed by atoms with E-state index in [1.54, 1.807) is 6.07 Å². The van der Waals surface area contributed by atoms with Crippen LogP contribution < -0.4 is 10.2 Å². The largest absolute Gasteiger partial charge is 0.342 e. The minimum Gasteiger partial charge on any atom is -0.342 e. The number of nitrogens with zero attached hydrogens (tertiary/aromatic N) is 1. The normalized spacial score (nSPS) is 10.7. The Morgan fingerprint density at radius 1 is 1.14 bits per heavy atom. The molecule has 2 aromatic carbocycles. The van der Waals surface area contributed by atoms with Gasteiger partial charge in [-0.3, -0.25) is 0 Å². The molecule has 0 bridgehead atoms. The zero-order chi connectivity index (χ0) is 15.4. The number of hydrogen-bond donors (Lipinski definition) is 1.